The molecule has 124 valence electrons. The fourth-order valence-electron chi connectivity index (χ4n) is 2.34. The molecule has 1 aliphatic heterocycles. The summed E-state index contributed by atoms with van der Waals surface area (Å²) in [6.45, 7) is 5.97. The molecule has 8 heteroatoms. The Kier molecular flexibility index (Phi) is 7.90. The smallest absolute Gasteiger partial charge is 0.236 e. The van der Waals surface area contributed by atoms with Gasteiger partial charge in [0.15, 0.2) is 0 Å². The number of hydrogen-bond donors (Lipinski definition) is 1. The normalized spacial score (nSPS) is 15.0. The van der Waals surface area contributed by atoms with Crippen molar-refractivity contribution in [1.82, 2.24) is 20.2 Å². The second kappa shape index (κ2) is 9.42. The van der Waals surface area contributed by atoms with E-state index in [1.165, 1.54) is 0 Å². The molecule has 1 amide bonds. The third-order valence-electron chi connectivity index (χ3n) is 3.37. The Balaban J connectivity index is 0.00000242. The molecule has 7 nitrogen and oxygen atoms in total. The van der Waals surface area contributed by atoms with Crippen LogP contribution in [-0.2, 0) is 4.79 Å². The van der Waals surface area contributed by atoms with E-state index in [1.54, 1.807) is 19.3 Å². The summed E-state index contributed by atoms with van der Waals surface area (Å²) >= 11 is 0. The first-order valence-corrected chi connectivity index (χ1v) is 7.37. The van der Waals surface area contributed by atoms with E-state index in [0.29, 0.717) is 31.5 Å². The van der Waals surface area contributed by atoms with E-state index < -0.39 is 0 Å². The summed E-state index contributed by atoms with van der Waals surface area (Å²) < 4.78 is 5.41. The zero-order chi connectivity index (χ0) is 15.1. The maximum absolute atomic E-state index is 11.9. The molecule has 0 bridgehead atoms. The number of nitrogens with one attached hydrogen (secondary N) is 1. The maximum Gasteiger partial charge on any atom is 0.236 e. The number of amides is 1. The van der Waals surface area contributed by atoms with Gasteiger partial charge in [-0.3, -0.25) is 4.79 Å². The molecule has 2 rings (SSSR count). The third-order valence-corrected chi connectivity index (χ3v) is 3.37. The molecule has 1 N–H and O–H groups in total. The quantitative estimate of drug-likeness (QED) is 0.851. The molecule has 0 aromatic carbocycles. The lowest BCUT2D eigenvalue weighted by molar-refractivity contribution is -0.129. The molecule has 22 heavy (non-hydrogen) atoms. The first kappa shape index (κ1) is 18.4. The summed E-state index contributed by atoms with van der Waals surface area (Å²) in [5.74, 6) is 1.40. The number of aromatic nitrogens is 2. The minimum absolute atomic E-state index is 0. The molecule has 0 radical (unpaired) electrons. The highest BCUT2D eigenvalue weighted by Crippen LogP contribution is 2.15. The van der Waals surface area contributed by atoms with E-state index in [4.69, 9.17) is 4.74 Å². The lowest BCUT2D eigenvalue weighted by Crippen LogP contribution is -2.39. The number of carbonyl (C=O) groups is 1. The van der Waals surface area contributed by atoms with Crippen LogP contribution in [-0.4, -0.2) is 67.2 Å². The van der Waals surface area contributed by atoms with E-state index in [9.17, 15) is 4.79 Å². The molecule has 1 aliphatic rings. The molecule has 0 atom stereocenters. The van der Waals surface area contributed by atoms with Crippen molar-refractivity contribution in [1.29, 1.82) is 0 Å². The van der Waals surface area contributed by atoms with Crippen LogP contribution in [0.1, 0.15) is 13.3 Å². The number of ether oxygens (including phenoxy) is 1. The summed E-state index contributed by atoms with van der Waals surface area (Å²) in [5, 5.41) is 2.90. The summed E-state index contributed by atoms with van der Waals surface area (Å²) in [6, 6.07) is 1.76. The van der Waals surface area contributed by atoms with Gasteiger partial charge in [0.1, 0.15) is 0 Å². The highest BCUT2D eigenvalue weighted by molar-refractivity contribution is 5.85. The zero-order valence-electron chi connectivity index (χ0n) is 13.1. The van der Waals surface area contributed by atoms with Crippen molar-refractivity contribution in [3.63, 3.8) is 0 Å². The van der Waals surface area contributed by atoms with Gasteiger partial charge in [-0.2, -0.15) is 4.98 Å². The van der Waals surface area contributed by atoms with Crippen LogP contribution < -0.4 is 15.0 Å². The molecule has 0 unspecified atom stereocenters. The van der Waals surface area contributed by atoms with Gasteiger partial charge in [-0.1, -0.05) is 0 Å². The minimum atomic E-state index is 0. The SMILES string of the molecule is CCOc1ccnc(N2CCCN(C(=O)CNC)CC2)n1.Cl. The summed E-state index contributed by atoms with van der Waals surface area (Å²) in [6.07, 6.45) is 2.62. The second-order valence-electron chi connectivity index (χ2n) is 4.88. The molecule has 2 heterocycles. The number of hydrogen-bond acceptors (Lipinski definition) is 6. The van der Waals surface area contributed by atoms with Gasteiger partial charge in [0.05, 0.1) is 13.2 Å². The predicted molar refractivity (Wildman–Crippen MR) is 87.8 cm³/mol. The minimum Gasteiger partial charge on any atom is -0.478 e. The first-order chi connectivity index (χ1) is 10.2. The number of anilines is 1. The highest BCUT2D eigenvalue weighted by atomic mass is 35.5. The lowest BCUT2D eigenvalue weighted by atomic mass is 10.4. The van der Waals surface area contributed by atoms with Crippen molar-refractivity contribution in [2.24, 2.45) is 0 Å². The van der Waals surface area contributed by atoms with Crippen LogP contribution in [0.3, 0.4) is 0 Å². The number of halogens is 1. The maximum atomic E-state index is 11.9. The van der Waals surface area contributed by atoms with E-state index in [0.717, 1.165) is 26.1 Å². The van der Waals surface area contributed by atoms with Crippen molar-refractivity contribution in [2.45, 2.75) is 13.3 Å². The van der Waals surface area contributed by atoms with Crippen molar-refractivity contribution in [2.75, 3.05) is 51.3 Å². The van der Waals surface area contributed by atoms with Crippen molar-refractivity contribution >= 4 is 24.3 Å². The summed E-state index contributed by atoms with van der Waals surface area (Å²) in [7, 11) is 1.79. The second-order valence-corrected chi connectivity index (χ2v) is 4.88. The van der Waals surface area contributed by atoms with E-state index in [-0.39, 0.29) is 18.3 Å². The Labute approximate surface area is 137 Å². The standard InChI is InChI=1S/C14H23N5O2.ClH/c1-3-21-12-5-6-16-14(17-12)19-8-4-7-18(9-10-19)13(20)11-15-2;/h5-6,15H,3-4,7-11H2,1-2H3;1H. The predicted octanol–water partition coefficient (Wildman–Crippen LogP) is 0.555. The Bertz CT molecular complexity index is 474. The lowest BCUT2D eigenvalue weighted by Gasteiger charge is -2.22. The van der Waals surface area contributed by atoms with Crippen LogP contribution in [0.2, 0.25) is 0 Å². The van der Waals surface area contributed by atoms with Crippen LogP contribution in [0.25, 0.3) is 0 Å². The molecule has 1 saturated heterocycles. The molecular formula is C14H24ClN5O2. The molecule has 0 saturated carbocycles. The zero-order valence-corrected chi connectivity index (χ0v) is 13.9. The van der Waals surface area contributed by atoms with Gasteiger partial charge in [-0.25, -0.2) is 4.98 Å². The third kappa shape index (κ3) is 4.99. The molecule has 1 aromatic heterocycles. The van der Waals surface area contributed by atoms with Crippen LogP contribution in [0.15, 0.2) is 12.3 Å². The van der Waals surface area contributed by atoms with Gasteiger partial charge in [-0.15, -0.1) is 12.4 Å². The average Bonchev–Trinajstić information content (AvgIpc) is 2.74. The topological polar surface area (TPSA) is 70.6 Å². The largest absolute Gasteiger partial charge is 0.478 e. The van der Waals surface area contributed by atoms with Gasteiger partial charge in [0, 0.05) is 38.4 Å². The number of nitrogens with zero attached hydrogens (tertiary/aromatic N) is 4. The highest BCUT2D eigenvalue weighted by Gasteiger charge is 2.20. The Morgan fingerprint density at radius 3 is 2.91 bits per heavy atom. The Morgan fingerprint density at radius 1 is 1.36 bits per heavy atom. The molecular weight excluding hydrogens is 306 g/mol. The molecule has 1 fully saturated rings. The molecule has 0 spiro atoms. The van der Waals surface area contributed by atoms with Crippen molar-refractivity contribution < 1.29 is 9.53 Å². The molecule has 0 aliphatic carbocycles. The number of carbonyl (C=O) groups excluding carboxylic acids is 1. The monoisotopic (exact) mass is 329 g/mol. The van der Waals surface area contributed by atoms with Crippen LogP contribution >= 0.6 is 12.4 Å². The van der Waals surface area contributed by atoms with Gasteiger partial charge in [-0.05, 0) is 20.4 Å². The van der Waals surface area contributed by atoms with E-state index >= 15 is 0 Å². The molecule has 1 aromatic rings. The van der Waals surface area contributed by atoms with Gasteiger partial charge < -0.3 is 19.9 Å². The number of rotatable bonds is 5. The summed E-state index contributed by atoms with van der Waals surface area (Å²) in [5.41, 5.74) is 0. The van der Waals surface area contributed by atoms with Crippen molar-refractivity contribution in [3.8, 4) is 5.88 Å². The summed E-state index contributed by atoms with van der Waals surface area (Å²) in [4.78, 5) is 24.6. The van der Waals surface area contributed by atoms with Crippen LogP contribution in [0.5, 0.6) is 5.88 Å². The van der Waals surface area contributed by atoms with Crippen LogP contribution in [0, 0.1) is 0 Å². The average molecular weight is 330 g/mol. The van der Waals surface area contributed by atoms with E-state index in [1.807, 2.05) is 11.8 Å². The van der Waals surface area contributed by atoms with Gasteiger partial charge >= 0.3 is 0 Å². The van der Waals surface area contributed by atoms with Crippen LogP contribution in [0.4, 0.5) is 5.95 Å². The van der Waals surface area contributed by atoms with Crippen molar-refractivity contribution in [3.05, 3.63) is 12.3 Å². The fourth-order valence-corrected chi connectivity index (χ4v) is 2.34. The first-order valence-electron chi connectivity index (χ1n) is 7.37. The Hall–Kier alpha value is -1.60. The van der Waals surface area contributed by atoms with Gasteiger partial charge in [0.2, 0.25) is 17.7 Å². The van der Waals surface area contributed by atoms with Gasteiger partial charge in [0.25, 0.3) is 0 Å². The van der Waals surface area contributed by atoms with E-state index in [2.05, 4.69) is 20.2 Å². The Morgan fingerprint density at radius 2 is 2.18 bits per heavy atom. The fraction of sp³-hybridized carbons (Fsp3) is 0.643. The number of likely N-dealkylation sites (N-methyl/N-ethyl adjacent to an activating group) is 1.